The standard InChI is InChI=1S/C16H20N2O3/c1-10(2)13(7-8-19)17-15-12(16(20)21)9-11-5-3-4-6-14(11)18-15/h3-6,9-10,13,19H,7-8H2,1-2H3,(H,17,18)(H,20,21). The smallest absolute Gasteiger partial charge is 0.339 e. The molecule has 2 rings (SSSR count). The van der Waals surface area contributed by atoms with Crippen LogP contribution in [0.3, 0.4) is 0 Å². The van der Waals surface area contributed by atoms with Crippen molar-refractivity contribution in [3.63, 3.8) is 0 Å². The number of carboxylic acids is 1. The van der Waals surface area contributed by atoms with Crippen LogP contribution in [0.5, 0.6) is 0 Å². The van der Waals surface area contributed by atoms with E-state index in [1.54, 1.807) is 6.07 Å². The Hall–Kier alpha value is -2.14. The molecule has 0 bridgehead atoms. The van der Waals surface area contributed by atoms with Crippen molar-refractivity contribution in [2.24, 2.45) is 5.92 Å². The third kappa shape index (κ3) is 3.49. The van der Waals surface area contributed by atoms with Crippen LogP contribution in [0.2, 0.25) is 0 Å². The zero-order chi connectivity index (χ0) is 15.4. The van der Waals surface area contributed by atoms with E-state index >= 15 is 0 Å². The molecule has 0 fully saturated rings. The van der Waals surface area contributed by atoms with Crippen molar-refractivity contribution in [3.8, 4) is 0 Å². The average Bonchev–Trinajstić information content (AvgIpc) is 2.45. The second kappa shape index (κ2) is 6.54. The van der Waals surface area contributed by atoms with Crippen LogP contribution in [0, 0.1) is 5.92 Å². The molecule has 0 aliphatic heterocycles. The summed E-state index contributed by atoms with van der Waals surface area (Å²) >= 11 is 0. The molecule has 2 aromatic rings. The lowest BCUT2D eigenvalue weighted by molar-refractivity contribution is 0.0697. The summed E-state index contributed by atoms with van der Waals surface area (Å²) in [6.45, 7) is 4.09. The first-order chi connectivity index (χ1) is 10.0. The zero-order valence-electron chi connectivity index (χ0n) is 12.2. The van der Waals surface area contributed by atoms with Crippen molar-refractivity contribution in [1.29, 1.82) is 0 Å². The Morgan fingerprint density at radius 2 is 2.05 bits per heavy atom. The Kier molecular flexibility index (Phi) is 4.75. The molecule has 0 aliphatic carbocycles. The minimum Gasteiger partial charge on any atom is -0.478 e. The molecule has 21 heavy (non-hydrogen) atoms. The van der Waals surface area contributed by atoms with E-state index in [9.17, 15) is 9.90 Å². The topological polar surface area (TPSA) is 82.5 Å². The van der Waals surface area contributed by atoms with Gasteiger partial charge in [-0.3, -0.25) is 0 Å². The number of aliphatic hydroxyl groups is 1. The fourth-order valence-electron chi connectivity index (χ4n) is 2.28. The predicted octanol–water partition coefficient (Wildman–Crippen LogP) is 2.75. The molecule has 112 valence electrons. The van der Waals surface area contributed by atoms with Gasteiger partial charge >= 0.3 is 5.97 Å². The third-order valence-corrected chi connectivity index (χ3v) is 3.52. The molecule has 1 atom stereocenters. The third-order valence-electron chi connectivity index (χ3n) is 3.52. The number of hydrogen-bond acceptors (Lipinski definition) is 4. The van der Waals surface area contributed by atoms with E-state index in [0.29, 0.717) is 12.2 Å². The van der Waals surface area contributed by atoms with Gasteiger partial charge in [0, 0.05) is 18.0 Å². The monoisotopic (exact) mass is 288 g/mol. The number of nitrogens with zero attached hydrogens (tertiary/aromatic N) is 1. The van der Waals surface area contributed by atoms with Crippen molar-refractivity contribution >= 4 is 22.7 Å². The van der Waals surface area contributed by atoms with Gasteiger partial charge in [-0.2, -0.15) is 0 Å². The van der Waals surface area contributed by atoms with Crippen LogP contribution < -0.4 is 5.32 Å². The highest BCUT2D eigenvalue weighted by Crippen LogP contribution is 2.23. The Balaban J connectivity index is 2.45. The molecule has 0 spiro atoms. The Morgan fingerprint density at radius 1 is 1.33 bits per heavy atom. The van der Waals surface area contributed by atoms with E-state index in [4.69, 9.17) is 5.11 Å². The van der Waals surface area contributed by atoms with Gasteiger partial charge in [0.1, 0.15) is 11.4 Å². The van der Waals surface area contributed by atoms with E-state index in [1.807, 2.05) is 38.1 Å². The van der Waals surface area contributed by atoms with Crippen molar-refractivity contribution in [1.82, 2.24) is 4.98 Å². The number of aromatic carboxylic acids is 1. The molecule has 0 saturated carbocycles. The summed E-state index contributed by atoms with van der Waals surface area (Å²) in [5, 5.41) is 22.5. The minimum atomic E-state index is -1.01. The highest BCUT2D eigenvalue weighted by atomic mass is 16.4. The summed E-state index contributed by atoms with van der Waals surface area (Å²) in [4.78, 5) is 15.9. The number of nitrogens with one attached hydrogen (secondary N) is 1. The van der Waals surface area contributed by atoms with E-state index in [0.717, 1.165) is 10.9 Å². The molecule has 3 N–H and O–H groups in total. The molecule has 1 heterocycles. The highest BCUT2D eigenvalue weighted by molar-refractivity contribution is 5.98. The van der Waals surface area contributed by atoms with Gasteiger partial charge in [-0.15, -0.1) is 0 Å². The predicted molar refractivity (Wildman–Crippen MR) is 82.7 cm³/mol. The Morgan fingerprint density at radius 3 is 2.67 bits per heavy atom. The lowest BCUT2D eigenvalue weighted by Gasteiger charge is -2.23. The fourth-order valence-corrected chi connectivity index (χ4v) is 2.28. The van der Waals surface area contributed by atoms with Crippen LogP contribution >= 0.6 is 0 Å². The van der Waals surface area contributed by atoms with Crippen LogP contribution in [-0.2, 0) is 0 Å². The van der Waals surface area contributed by atoms with Crippen molar-refractivity contribution in [3.05, 3.63) is 35.9 Å². The summed E-state index contributed by atoms with van der Waals surface area (Å²) in [6.07, 6.45) is 0.547. The van der Waals surface area contributed by atoms with E-state index < -0.39 is 5.97 Å². The molecular weight excluding hydrogens is 268 g/mol. The molecule has 5 heteroatoms. The number of carbonyl (C=O) groups is 1. The molecular formula is C16H20N2O3. The molecule has 0 radical (unpaired) electrons. The number of aliphatic hydroxyl groups excluding tert-OH is 1. The SMILES string of the molecule is CC(C)C(CCO)Nc1nc2ccccc2cc1C(=O)O. The van der Waals surface area contributed by atoms with E-state index in [-0.39, 0.29) is 24.1 Å². The number of benzene rings is 1. The number of hydrogen-bond donors (Lipinski definition) is 3. The van der Waals surface area contributed by atoms with Crippen molar-refractivity contribution < 1.29 is 15.0 Å². The number of fused-ring (bicyclic) bond motifs is 1. The largest absolute Gasteiger partial charge is 0.478 e. The average molecular weight is 288 g/mol. The van der Waals surface area contributed by atoms with Gasteiger partial charge in [0.15, 0.2) is 0 Å². The maximum atomic E-state index is 11.4. The van der Waals surface area contributed by atoms with Gasteiger partial charge in [-0.05, 0) is 24.5 Å². The lowest BCUT2D eigenvalue weighted by atomic mass is 10.0. The number of para-hydroxylation sites is 1. The van der Waals surface area contributed by atoms with Crippen molar-refractivity contribution in [2.45, 2.75) is 26.3 Å². The first-order valence-electron chi connectivity index (χ1n) is 7.03. The molecule has 1 aromatic heterocycles. The summed E-state index contributed by atoms with van der Waals surface area (Å²) in [6, 6.07) is 9.01. The van der Waals surface area contributed by atoms with Gasteiger partial charge in [-0.25, -0.2) is 9.78 Å². The highest BCUT2D eigenvalue weighted by Gasteiger charge is 2.18. The summed E-state index contributed by atoms with van der Waals surface area (Å²) < 4.78 is 0. The first-order valence-corrected chi connectivity index (χ1v) is 7.03. The number of aromatic nitrogens is 1. The van der Waals surface area contributed by atoms with Crippen LogP contribution in [0.15, 0.2) is 30.3 Å². The van der Waals surface area contributed by atoms with E-state index in [1.165, 1.54) is 0 Å². The van der Waals surface area contributed by atoms with Gasteiger partial charge in [-0.1, -0.05) is 32.0 Å². The van der Waals surface area contributed by atoms with Gasteiger partial charge in [0.25, 0.3) is 0 Å². The quantitative estimate of drug-likeness (QED) is 0.761. The van der Waals surface area contributed by atoms with Crippen LogP contribution in [-0.4, -0.2) is 33.8 Å². The summed E-state index contributed by atoms with van der Waals surface area (Å²) in [5.41, 5.74) is 0.897. The Labute approximate surface area is 123 Å². The molecule has 0 saturated heterocycles. The number of pyridine rings is 1. The minimum absolute atomic E-state index is 0.0261. The second-order valence-corrected chi connectivity index (χ2v) is 5.39. The summed E-state index contributed by atoms with van der Waals surface area (Å²) in [7, 11) is 0. The molecule has 0 aliphatic rings. The lowest BCUT2D eigenvalue weighted by Crippen LogP contribution is -2.28. The normalized spacial score (nSPS) is 12.6. The maximum Gasteiger partial charge on any atom is 0.339 e. The first kappa shape index (κ1) is 15.3. The van der Waals surface area contributed by atoms with Gasteiger partial charge < -0.3 is 15.5 Å². The van der Waals surface area contributed by atoms with Crippen molar-refractivity contribution in [2.75, 3.05) is 11.9 Å². The molecule has 0 amide bonds. The fraction of sp³-hybridized carbons (Fsp3) is 0.375. The molecule has 1 aromatic carbocycles. The second-order valence-electron chi connectivity index (χ2n) is 5.39. The number of rotatable bonds is 6. The molecule has 5 nitrogen and oxygen atoms in total. The summed E-state index contributed by atoms with van der Waals surface area (Å²) in [5.74, 6) is -0.400. The molecule has 1 unspecified atom stereocenters. The van der Waals surface area contributed by atoms with Crippen LogP contribution in [0.25, 0.3) is 10.9 Å². The zero-order valence-corrected chi connectivity index (χ0v) is 12.2. The van der Waals surface area contributed by atoms with Crippen LogP contribution in [0.4, 0.5) is 5.82 Å². The van der Waals surface area contributed by atoms with E-state index in [2.05, 4.69) is 10.3 Å². The van der Waals surface area contributed by atoms with Gasteiger partial charge in [0.2, 0.25) is 0 Å². The van der Waals surface area contributed by atoms with Crippen LogP contribution in [0.1, 0.15) is 30.6 Å². The number of carboxylic acid groups (broad SMARTS) is 1. The van der Waals surface area contributed by atoms with Gasteiger partial charge in [0.05, 0.1) is 5.52 Å². The number of anilines is 1. The maximum absolute atomic E-state index is 11.4. The Bertz CT molecular complexity index is 640.